The number of nitrogens with two attached hydrogens (primary N) is 1. The molecule has 20 heavy (non-hydrogen) atoms. The number of hydrogen-bond acceptors (Lipinski definition) is 5. The van der Waals surface area contributed by atoms with Crippen LogP contribution < -0.4 is 5.73 Å². The molecule has 0 bridgehead atoms. The number of ether oxygens (including phenoxy) is 4. The minimum Gasteiger partial charge on any atom is -0.379 e. The summed E-state index contributed by atoms with van der Waals surface area (Å²) >= 11 is 0. The molecule has 0 heterocycles. The summed E-state index contributed by atoms with van der Waals surface area (Å²) in [6.07, 6.45) is 6.37. The van der Waals surface area contributed by atoms with Crippen molar-refractivity contribution in [3.05, 3.63) is 0 Å². The average Bonchev–Trinajstić information content (AvgIpc) is 2.47. The summed E-state index contributed by atoms with van der Waals surface area (Å²) in [6, 6.07) is 0. The Hall–Kier alpha value is -0.200. The quantitative estimate of drug-likeness (QED) is 0.415. The van der Waals surface area contributed by atoms with Crippen molar-refractivity contribution in [2.75, 3.05) is 59.4 Å². The van der Waals surface area contributed by atoms with Crippen molar-refractivity contribution in [2.24, 2.45) is 5.73 Å². The zero-order valence-corrected chi connectivity index (χ0v) is 13.1. The van der Waals surface area contributed by atoms with E-state index in [1.54, 1.807) is 0 Å². The van der Waals surface area contributed by atoms with Gasteiger partial charge in [0.25, 0.3) is 0 Å². The van der Waals surface area contributed by atoms with E-state index in [9.17, 15) is 0 Å². The van der Waals surface area contributed by atoms with Crippen LogP contribution in [0.15, 0.2) is 0 Å². The first-order valence-corrected chi connectivity index (χ1v) is 7.92. The van der Waals surface area contributed by atoms with Gasteiger partial charge in [-0.3, -0.25) is 0 Å². The molecule has 0 radical (unpaired) electrons. The summed E-state index contributed by atoms with van der Waals surface area (Å²) in [7, 11) is 0. The maximum Gasteiger partial charge on any atom is 0.0701 e. The number of unbranched alkanes of at least 4 members (excludes halogenated alkanes) is 4. The third-order valence-corrected chi connectivity index (χ3v) is 2.77. The van der Waals surface area contributed by atoms with E-state index >= 15 is 0 Å². The predicted molar refractivity (Wildman–Crippen MR) is 81.1 cm³/mol. The first-order valence-electron chi connectivity index (χ1n) is 7.92. The van der Waals surface area contributed by atoms with Crippen LogP contribution in [0.2, 0.25) is 0 Å². The molecule has 0 unspecified atom stereocenters. The van der Waals surface area contributed by atoms with Crippen molar-refractivity contribution in [2.45, 2.75) is 39.0 Å². The molecule has 0 atom stereocenters. The smallest absolute Gasteiger partial charge is 0.0701 e. The topological polar surface area (TPSA) is 62.9 Å². The van der Waals surface area contributed by atoms with E-state index in [1.807, 2.05) is 0 Å². The minimum absolute atomic E-state index is 0.557. The van der Waals surface area contributed by atoms with Crippen LogP contribution in [0.1, 0.15) is 39.0 Å². The van der Waals surface area contributed by atoms with E-state index in [1.165, 1.54) is 25.7 Å². The maximum atomic E-state index is 5.49. The van der Waals surface area contributed by atoms with Crippen molar-refractivity contribution in [3.63, 3.8) is 0 Å². The Morgan fingerprint density at radius 2 is 1.00 bits per heavy atom. The first kappa shape index (κ1) is 19.8. The van der Waals surface area contributed by atoms with Crippen LogP contribution in [-0.2, 0) is 18.9 Å². The van der Waals surface area contributed by atoms with E-state index < -0.39 is 0 Å². The fourth-order valence-corrected chi connectivity index (χ4v) is 1.65. The molecular weight excluding hydrogens is 258 g/mol. The molecule has 0 saturated heterocycles. The standard InChI is InChI=1S/C15H33NO4/c1-2-3-4-5-6-8-17-10-12-19-14-15-20-13-11-18-9-7-16/h2-16H2,1H3. The Morgan fingerprint density at radius 1 is 0.550 bits per heavy atom. The van der Waals surface area contributed by atoms with Crippen molar-refractivity contribution < 1.29 is 18.9 Å². The number of rotatable bonds is 17. The lowest BCUT2D eigenvalue weighted by Gasteiger charge is -2.07. The number of hydrogen-bond donors (Lipinski definition) is 1. The highest BCUT2D eigenvalue weighted by molar-refractivity contribution is 4.42. The van der Waals surface area contributed by atoms with Crippen molar-refractivity contribution in [1.29, 1.82) is 0 Å². The molecule has 0 rings (SSSR count). The maximum absolute atomic E-state index is 5.49. The zero-order chi connectivity index (χ0) is 14.7. The summed E-state index contributed by atoms with van der Waals surface area (Å²) in [5, 5.41) is 0. The van der Waals surface area contributed by atoms with Gasteiger partial charge in [-0.25, -0.2) is 0 Å². The molecule has 0 aliphatic rings. The Balaban J connectivity index is 2.89. The molecule has 5 heteroatoms. The van der Waals surface area contributed by atoms with E-state index in [4.69, 9.17) is 24.7 Å². The van der Waals surface area contributed by atoms with Crippen LogP contribution in [0.5, 0.6) is 0 Å². The summed E-state index contributed by atoms with van der Waals surface area (Å²) in [5.74, 6) is 0. The third kappa shape index (κ3) is 17.8. The van der Waals surface area contributed by atoms with Crippen LogP contribution in [0.3, 0.4) is 0 Å². The van der Waals surface area contributed by atoms with Crippen molar-refractivity contribution in [1.82, 2.24) is 0 Å². The van der Waals surface area contributed by atoms with Gasteiger partial charge >= 0.3 is 0 Å². The lowest BCUT2D eigenvalue weighted by atomic mass is 10.2. The van der Waals surface area contributed by atoms with Gasteiger partial charge in [0, 0.05) is 13.2 Å². The molecule has 0 aromatic carbocycles. The van der Waals surface area contributed by atoms with Crippen molar-refractivity contribution >= 4 is 0 Å². The SMILES string of the molecule is CCCCCCCOCCOCCOCCOCCN. The van der Waals surface area contributed by atoms with Crippen molar-refractivity contribution in [3.8, 4) is 0 Å². The van der Waals surface area contributed by atoms with E-state index in [0.29, 0.717) is 52.8 Å². The van der Waals surface area contributed by atoms with Crippen LogP contribution >= 0.6 is 0 Å². The summed E-state index contributed by atoms with van der Waals surface area (Å²) in [6.45, 7) is 7.94. The highest BCUT2D eigenvalue weighted by Crippen LogP contribution is 2.02. The van der Waals surface area contributed by atoms with Gasteiger partial charge in [0.05, 0.1) is 46.2 Å². The van der Waals surface area contributed by atoms with Crippen LogP contribution in [-0.4, -0.2) is 59.4 Å². The second kappa shape index (κ2) is 18.8. The van der Waals surface area contributed by atoms with E-state index in [-0.39, 0.29) is 0 Å². The van der Waals surface area contributed by atoms with Gasteiger partial charge in [0.15, 0.2) is 0 Å². The average molecular weight is 291 g/mol. The predicted octanol–water partition coefficient (Wildman–Crippen LogP) is 1.98. The molecule has 0 amide bonds. The molecule has 2 N–H and O–H groups in total. The van der Waals surface area contributed by atoms with Crippen LogP contribution in [0.25, 0.3) is 0 Å². The lowest BCUT2D eigenvalue weighted by molar-refractivity contribution is -0.00135. The monoisotopic (exact) mass is 291 g/mol. The molecule has 0 saturated carbocycles. The molecule has 0 aromatic rings. The van der Waals surface area contributed by atoms with Gasteiger partial charge in [0.1, 0.15) is 0 Å². The van der Waals surface area contributed by atoms with Gasteiger partial charge in [0.2, 0.25) is 0 Å². The largest absolute Gasteiger partial charge is 0.379 e. The molecule has 122 valence electrons. The Bertz CT molecular complexity index is 152. The Kier molecular flexibility index (Phi) is 18.6. The first-order chi connectivity index (χ1) is 9.91. The Morgan fingerprint density at radius 3 is 1.50 bits per heavy atom. The second-order valence-electron chi connectivity index (χ2n) is 4.65. The summed E-state index contributed by atoms with van der Waals surface area (Å²) < 4.78 is 21.4. The molecule has 0 aliphatic heterocycles. The third-order valence-electron chi connectivity index (χ3n) is 2.77. The van der Waals surface area contributed by atoms with Gasteiger partial charge in [-0.1, -0.05) is 32.6 Å². The fraction of sp³-hybridized carbons (Fsp3) is 1.00. The molecule has 0 fully saturated rings. The minimum atomic E-state index is 0.557. The fourth-order valence-electron chi connectivity index (χ4n) is 1.65. The highest BCUT2D eigenvalue weighted by Gasteiger charge is 1.93. The second-order valence-corrected chi connectivity index (χ2v) is 4.65. The molecular formula is C15H33NO4. The van der Waals surface area contributed by atoms with Gasteiger partial charge < -0.3 is 24.7 Å². The molecule has 0 aromatic heterocycles. The zero-order valence-electron chi connectivity index (χ0n) is 13.1. The summed E-state index contributed by atoms with van der Waals surface area (Å²) in [5.41, 5.74) is 5.29. The summed E-state index contributed by atoms with van der Waals surface area (Å²) in [4.78, 5) is 0. The normalized spacial score (nSPS) is 11.1. The van der Waals surface area contributed by atoms with Gasteiger partial charge in [-0.15, -0.1) is 0 Å². The van der Waals surface area contributed by atoms with Crippen LogP contribution in [0.4, 0.5) is 0 Å². The highest BCUT2D eigenvalue weighted by atomic mass is 16.6. The Labute approximate surface area is 124 Å². The molecule has 0 aliphatic carbocycles. The van der Waals surface area contributed by atoms with E-state index in [0.717, 1.165) is 13.0 Å². The van der Waals surface area contributed by atoms with Crippen LogP contribution in [0, 0.1) is 0 Å². The van der Waals surface area contributed by atoms with Gasteiger partial charge in [-0.05, 0) is 6.42 Å². The van der Waals surface area contributed by atoms with Gasteiger partial charge in [-0.2, -0.15) is 0 Å². The molecule has 0 spiro atoms. The lowest BCUT2D eigenvalue weighted by Crippen LogP contribution is -2.14. The van der Waals surface area contributed by atoms with E-state index in [2.05, 4.69) is 6.92 Å². The molecule has 5 nitrogen and oxygen atoms in total.